The first-order chi connectivity index (χ1) is 20.1. The highest BCUT2D eigenvalue weighted by atomic mass is 32.2. The first kappa shape index (κ1) is 36.8. The van der Waals surface area contributed by atoms with Crippen molar-refractivity contribution in [2.45, 2.75) is 86.4 Å². The van der Waals surface area contributed by atoms with Crippen LogP contribution < -0.4 is 10.9 Å². The lowest BCUT2D eigenvalue weighted by Gasteiger charge is -2.41. The molecule has 0 spiro atoms. The van der Waals surface area contributed by atoms with Gasteiger partial charge in [0, 0.05) is 13.0 Å². The summed E-state index contributed by atoms with van der Waals surface area (Å²) in [7, 11) is -3.70. The number of aromatic amines is 1. The average molecular weight is 642 g/mol. The summed E-state index contributed by atoms with van der Waals surface area (Å²) in [5.74, 6) is -2.16. The van der Waals surface area contributed by atoms with Crippen molar-refractivity contribution in [1.82, 2.24) is 15.3 Å². The number of carbonyl (C=O) groups is 2. The Morgan fingerprint density at radius 3 is 2.30 bits per heavy atom. The summed E-state index contributed by atoms with van der Waals surface area (Å²) in [5, 5.41) is 13.1. The third-order valence-electron chi connectivity index (χ3n) is 7.36. The van der Waals surface area contributed by atoms with Crippen LogP contribution in [0.3, 0.4) is 0 Å². The number of ether oxygens (including phenoxy) is 1. The normalized spacial score (nSPS) is 13.4. The zero-order valence-electron chi connectivity index (χ0n) is 27.0. The van der Waals surface area contributed by atoms with Gasteiger partial charge in [-0.1, -0.05) is 26.0 Å². The minimum atomic E-state index is -3.70. The quantitative estimate of drug-likeness (QED) is 0.211. The summed E-state index contributed by atoms with van der Waals surface area (Å²) in [6.07, 6.45) is 0.905. The molecular formula is C30H46FN4O8S+. The summed E-state index contributed by atoms with van der Waals surface area (Å²) in [6, 6.07) is 3.47. The van der Waals surface area contributed by atoms with E-state index in [1.165, 1.54) is 12.1 Å². The molecule has 246 valence electrons. The SMILES string of the molecule is CC[N+](CC)(C(=O)OC(C)(C)C)C(CCC(C)(C)COS(C)(=O)=O)c1nc(C(=O)NCc2ccc(F)c(C)c2)c(O)c(=O)[nH]1. The number of halogens is 1. The molecule has 0 bridgehead atoms. The van der Waals surface area contributed by atoms with E-state index in [9.17, 15) is 32.3 Å². The first-order valence-electron chi connectivity index (χ1n) is 14.5. The van der Waals surface area contributed by atoms with Crippen LogP contribution in [0, 0.1) is 18.2 Å². The smallest absolute Gasteiger partial charge is 0.501 e. The summed E-state index contributed by atoms with van der Waals surface area (Å²) in [6.45, 7) is 14.3. The highest BCUT2D eigenvalue weighted by Crippen LogP contribution is 2.37. The highest BCUT2D eigenvalue weighted by Gasteiger charge is 2.48. The van der Waals surface area contributed by atoms with E-state index in [4.69, 9.17) is 8.92 Å². The van der Waals surface area contributed by atoms with Gasteiger partial charge in [0.2, 0.25) is 5.75 Å². The van der Waals surface area contributed by atoms with Crippen LogP contribution in [0.5, 0.6) is 5.75 Å². The van der Waals surface area contributed by atoms with Crippen molar-refractivity contribution in [3.05, 3.63) is 57.0 Å². The fourth-order valence-electron chi connectivity index (χ4n) is 4.77. The van der Waals surface area contributed by atoms with E-state index in [1.54, 1.807) is 61.5 Å². The largest absolute Gasteiger partial charge is 0.517 e. The van der Waals surface area contributed by atoms with Gasteiger partial charge in [0.25, 0.3) is 21.6 Å². The van der Waals surface area contributed by atoms with Gasteiger partial charge in [0.15, 0.2) is 17.6 Å². The predicted octanol–water partition coefficient (Wildman–Crippen LogP) is 4.47. The van der Waals surface area contributed by atoms with Crippen molar-refractivity contribution in [2.24, 2.45) is 5.41 Å². The van der Waals surface area contributed by atoms with Gasteiger partial charge in [-0.3, -0.25) is 13.8 Å². The lowest BCUT2D eigenvalue weighted by Crippen LogP contribution is -2.57. The average Bonchev–Trinajstić information content (AvgIpc) is 2.90. The van der Waals surface area contributed by atoms with Crippen LogP contribution in [0.15, 0.2) is 23.0 Å². The molecule has 12 nitrogen and oxygen atoms in total. The number of aromatic hydroxyl groups is 1. The van der Waals surface area contributed by atoms with E-state index in [0.717, 1.165) is 6.26 Å². The Morgan fingerprint density at radius 1 is 1.16 bits per heavy atom. The second kappa shape index (κ2) is 14.2. The monoisotopic (exact) mass is 641 g/mol. The zero-order chi connectivity index (χ0) is 33.7. The second-order valence-corrected chi connectivity index (χ2v) is 14.4. The van der Waals surface area contributed by atoms with Crippen molar-refractivity contribution in [2.75, 3.05) is 26.0 Å². The molecule has 0 aliphatic rings. The molecule has 0 saturated carbocycles. The number of hydrogen-bond donors (Lipinski definition) is 3. The van der Waals surface area contributed by atoms with E-state index >= 15 is 0 Å². The standard InChI is InChI=1S/C30H45FN4O8S/c1-10-35(11-2,28(39)43-29(4,5)6)22(14-15-30(7,8)18-42-44(9,40)41)25-33-23(24(36)27(38)34-25)26(37)32-17-20-12-13-21(31)19(3)16-20/h12-13,16,22H,10-11,14-15,17-18H2,1-9H3,(H2-,32,33,34,36,37,38)/p+1. The van der Waals surface area contributed by atoms with Gasteiger partial charge in [-0.25, -0.2) is 13.9 Å². The number of amides is 2. The molecule has 0 saturated heterocycles. The van der Waals surface area contributed by atoms with Crippen LogP contribution in [-0.2, 0) is 25.6 Å². The number of carbonyl (C=O) groups excluding carboxylic acids is 2. The molecule has 0 fully saturated rings. The molecule has 14 heteroatoms. The Kier molecular flexibility index (Phi) is 11.9. The topological polar surface area (TPSA) is 165 Å². The Bertz CT molecular complexity index is 1510. The van der Waals surface area contributed by atoms with Gasteiger partial charge in [-0.15, -0.1) is 0 Å². The molecule has 1 aromatic carbocycles. The first-order valence-corrected chi connectivity index (χ1v) is 16.3. The number of nitrogens with one attached hydrogen (secondary N) is 2. The van der Waals surface area contributed by atoms with Gasteiger partial charge < -0.3 is 20.1 Å². The fraction of sp³-hybridized carbons (Fsp3) is 0.600. The summed E-state index contributed by atoms with van der Waals surface area (Å²) in [5.41, 5.74) is -2.05. The van der Waals surface area contributed by atoms with Crippen LogP contribution >= 0.6 is 0 Å². The number of benzene rings is 1. The number of H-pyrrole nitrogens is 1. The summed E-state index contributed by atoms with van der Waals surface area (Å²) < 4.78 is 47.5. The van der Waals surface area contributed by atoms with Crippen LogP contribution in [0.4, 0.5) is 9.18 Å². The third kappa shape index (κ3) is 9.83. The van der Waals surface area contributed by atoms with Crippen molar-refractivity contribution < 1.29 is 40.9 Å². The van der Waals surface area contributed by atoms with E-state index in [2.05, 4.69) is 15.3 Å². The minimum Gasteiger partial charge on any atom is -0.501 e. The molecule has 1 atom stereocenters. The maximum atomic E-state index is 13.8. The molecule has 1 heterocycles. The van der Waals surface area contributed by atoms with Crippen LogP contribution in [-0.4, -0.2) is 71.5 Å². The number of aromatic nitrogens is 2. The van der Waals surface area contributed by atoms with Crippen LogP contribution in [0.25, 0.3) is 0 Å². The second-order valence-electron chi connectivity index (χ2n) is 12.7. The highest BCUT2D eigenvalue weighted by molar-refractivity contribution is 7.85. The Labute approximate surface area is 258 Å². The molecule has 0 radical (unpaired) electrons. The predicted molar refractivity (Wildman–Crippen MR) is 163 cm³/mol. The molecule has 1 unspecified atom stereocenters. The number of rotatable bonds is 13. The van der Waals surface area contributed by atoms with Crippen LogP contribution in [0.2, 0.25) is 0 Å². The molecule has 2 aromatic rings. The molecule has 44 heavy (non-hydrogen) atoms. The van der Waals surface area contributed by atoms with E-state index in [0.29, 0.717) is 17.5 Å². The van der Waals surface area contributed by atoms with Crippen molar-refractivity contribution in [3.8, 4) is 5.75 Å². The van der Waals surface area contributed by atoms with Gasteiger partial charge in [0.05, 0.1) is 26.0 Å². The number of aryl methyl sites for hydroxylation is 1. The van der Waals surface area contributed by atoms with Crippen molar-refractivity contribution >= 4 is 22.1 Å². The molecule has 0 aliphatic heterocycles. The maximum Gasteiger partial charge on any atom is 0.517 e. The van der Waals surface area contributed by atoms with E-state index in [1.807, 2.05) is 0 Å². The molecule has 2 amide bonds. The Hall–Kier alpha value is -3.36. The molecule has 0 aliphatic carbocycles. The number of quaternary nitrogens is 1. The van der Waals surface area contributed by atoms with E-state index < -0.39 is 62.0 Å². The Balaban J connectivity index is 2.59. The van der Waals surface area contributed by atoms with Gasteiger partial charge in [-0.05, 0) is 70.6 Å². The van der Waals surface area contributed by atoms with Gasteiger partial charge in [-0.2, -0.15) is 13.2 Å². The molecule has 3 N–H and O–H groups in total. The van der Waals surface area contributed by atoms with Gasteiger partial charge >= 0.3 is 6.09 Å². The fourth-order valence-corrected chi connectivity index (χ4v) is 5.30. The van der Waals surface area contributed by atoms with Crippen LogP contribution in [0.1, 0.15) is 94.8 Å². The lowest BCUT2D eigenvalue weighted by molar-refractivity contribution is -0.887. The number of hydrogen-bond acceptors (Lipinski definition) is 9. The van der Waals surface area contributed by atoms with Gasteiger partial charge in [0.1, 0.15) is 11.4 Å². The summed E-state index contributed by atoms with van der Waals surface area (Å²) in [4.78, 5) is 46.9. The zero-order valence-corrected chi connectivity index (χ0v) is 27.9. The number of nitrogens with zero attached hydrogens (tertiary/aromatic N) is 2. The van der Waals surface area contributed by atoms with Crippen molar-refractivity contribution in [1.29, 1.82) is 0 Å². The maximum absolute atomic E-state index is 13.8. The van der Waals surface area contributed by atoms with E-state index in [-0.39, 0.29) is 43.0 Å². The van der Waals surface area contributed by atoms with Crippen molar-refractivity contribution in [3.63, 3.8) is 0 Å². The third-order valence-corrected chi connectivity index (χ3v) is 7.91. The summed E-state index contributed by atoms with van der Waals surface area (Å²) >= 11 is 0. The molecule has 1 aromatic heterocycles. The molecular weight excluding hydrogens is 595 g/mol. The molecule has 2 rings (SSSR count). The minimum absolute atomic E-state index is 0.0232. The Morgan fingerprint density at radius 2 is 1.77 bits per heavy atom. The lowest BCUT2D eigenvalue weighted by atomic mass is 9.86.